The average Bonchev–Trinajstić information content (AvgIpc) is 2.62. The van der Waals surface area contributed by atoms with Crippen LogP contribution < -0.4 is 10.2 Å². The fourth-order valence-corrected chi connectivity index (χ4v) is 2.78. The molecule has 5 nitrogen and oxygen atoms in total. The lowest BCUT2D eigenvalue weighted by Crippen LogP contribution is -2.38. The number of amides is 1. The van der Waals surface area contributed by atoms with Crippen molar-refractivity contribution in [3.8, 4) is 0 Å². The number of aromatic nitrogens is 2. The van der Waals surface area contributed by atoms with E-state index in [1.807, 2.05) is 4.90 Å². The molecule has 3 rings (SSSR count). The van der Waals surface area contributed by atoms with Gasteiger partial charge in [-0.05, 0) is 37.1 Å². The number of hydrogen-bond donors (Lipinski definition) is 1. The first kappa shape index (κ1) is 17.2. The summed E-state index contributed by atoms with van der Waals surface area (Å²) in [6, 6.07) is 7.69. The second-order valence-electron chi connectivity index (χ2n) is 5.87. The Bertz CT molecular complexity index is 711. The van der Waals surface area contributed by atoms with Crippen molar-refractivity contribution < 1.29 is 18.0 Å². The molecular weight excluding hydrogens is 333 g/mol. The molecule has 1 amide bonds. The van der Waals surface area contributed by atoms with Gasteiger partial charge in [0.25, 0.3) is 0 Å². The van der Waals surface area contributed by atoms with Gasteiger partial charge < -0.3 is 10.2 Å². The summed E-state index contributed by atoms with van der Waals surface area (Å²) >= 11 is 0. The smallest absolute Gasteiger partial charge is 0.357 e. The van der Waals surface area contributed by atoms with Gasteiger partial charge in [-0.1, -0.05) is 6.07 Å². The van der Waals surface area contributed by atoms with Crippen molar-refractivity contribution in [1.29, 1.82) is 0 Å². The Balaban J connectivity index is 1.55. The first-order chi connectivity index (χ1) is 11.9. The van der Waals surface area contributed by atoms with Crippen LogP contribution in [0.1, 0.15) is 18.4 Å². The summed E-state index contributed by atoms with van der Waals surface area (Å²) in [6.45, 7) is 1.14. The number of carbonyl (C=O) groups excluding carboxylic acids is 1. The minimum atomic E-state index is -4.39. The zero-order valence-corrected chi connectivity index (χ0v) is 13.3. The van der Waals surface area contributed by atoms with Crippen molar-refractivity contribution in [2.45, 2.75) is 19.0 Å². The van der Waals surface area contributed by atoms with E-state index >= 15 is 0 Å². The van der Waals surface area contributed by atoms with Crippen LogP contribution in [-0.4, -0.2) is 29.0 Å². The maximum Gasteiger partial charge on any atom is 0.417 e. The van der Waals surface area contributed by atoms with Crippen LogP contribution in [0.3, 0.4) is 0 Å². The van der Waals surface area contributed by atoms with Crippen LogP contribution in [0, 0.1) is 5.92 Å². The molecule has 1 aliphatic heterocycles. The maximum atomic E-state index is 12.6. The van der Waals surface area contributed by atoms with E-state index < -0.39 is 11.7 Å². The molecule has 0 atom stereocenters. The van der Waals surface area contributed by atoms with Crippen molar-refractivity contribution in [2.24, 2.45) is 5.92 Å². The molecule has 25 heavy (non-hydrogen) atoms. The lowest BCUT2D eigenvalue weighted by molar-refractivity contribution is -0.137. The highest BCUT2D eigenvalue weighted by molar-refractivity contribution is 5.91. The molecule has 0 radical (unpaired) electrons. The third kappa shape index (κ3) is 4.26. The quantitative estimate of drug-likeness (QED) is 0.922. The lowest BCUT2D eigenvalue weighted by atomic mass is 9.96. The SMILES string of the molecule is O=C(Nc1ccccn1)C1CCN(c2ccc(C(F)(F)F)cn2)CC1. The Morgan fingerprint density at radius 3 is 2.44 bits per heavy atom. The van der Waals surface area contributed by atoms with E-state index in [0.29, 0.717) is 37.6 Å². The second kappa shape index (κ2) is 7.08. The fraction of sp³-hybridized carbons (Fsp3) is 0.353. The van der Waals surface area contributed by atoms with Crippen molar-refractivity contribution in [2.75, 3.05) is 23.3 Å². The molecule has 2 aromatic rings. The van der Waals surface area contributed by atoms with Crippen molar-refractivity contribution in [3.63, 3.8) is 0 Å². The standard InChI is InChI=1S/C17H17F3N4O/c18-17(19,20)13-4-5-15(22-11-13)24-9-6-12(7-10-24)16(25)23-14-3-1-2-8-21-14/h1-5,8,11-12H,6-7,9-10H2,(H,21,23,25). The van der Waals surface area contributed by atoms with E-state index in [-0.39, 0.29) is 11.8 Å². The number of anilines is 2. The molecule has 3 heterocycles. The van der Waals surface area contributed by atoms with Gasteiger partial charge in [0.05, 0.1) is 5.56 Å². The summed E-state index contributed by atoms with van der Waals surface area (Å²) in [5.41, 5.74) is -0.763. The number of halogens is 3. The zero-order valence-electron chi connectivity index (χ0n) is 13.3. The third-order valence-corrected chi connectivity index (χ3v) is 4.18. The number of alkyl halides is 3. The number of nitrogens with zero attached hydrogens (tertiary/aromatic N) is 3. The monoisotopic (exact) mass is 350 g/mol. The molecule has 0 saturated carbocycles. The van der Waals surface area contributed by atoms with Crippen LogP contribution in [0.25, 0.3) is 0 Å². The summed E-state index contributed by atoms with van der Waals surface area (Å²) in [4.78, 5) is 22.1. The number of pyridine rings is 2. The molecule has 0 unspecified atom stereocenters. The summed E-state index contributed by atoms with van der Waals surface area (Å²) < 4.78 is 37.7. The summed E-state index contributed by atoms with van der Waals surface area (Å²) in [5, 5.41) is 2.78. The minimum Gasteiger partial charge on any atom is -0.357 e. The first-order valence-corrected chi connectivity index (χ1v) is 7.93. The summed E-state index contributed by atoms with van der Waals surface area (Å²) in [6.07, 6.45) is -0.714. The Morgan fingerprint density at radius 2 is 1.88 bits per heavy atom. The number of carbonyl (C=O) groups is 1. The van der Waals surface area contributed by atoms with Gasteiger partial charge in [0, 0.05) is 31.4 Å². The van der Waals surface area contributed by atoms with Gasteiger partial charge in [0.2, 0.25) is 5.91 Å². The van der Waals surface area contributed by atoms with Crippen LogP contribution in [0.15, 0.2) is 42.7 Å². The molecule has 132 valence electrons. The van der Waals surface area contributed by atoms with Gasteiger partial charge in [-0.3, -0.25) is 4.79 Å². The molecular formula is C17H17F3N4O. The molecule has 1 aliphatic rings. The predicted molar refractivity (Wildman–Crippen MR) is 87.0 cm³/mol. The lowest BCUT2D eigenvalue weighted by Gasteiger charge is -2.32. The van der Waals surface area contributed by atoms with Crippen molar-refractivity contribution >= 4 is 17.5 Å². The molecule has 0 spiro atoms. The van der Waals surface area contributed by atoms with Crippen molar-refractivity contribution in [1.82, 2.24) is 9.97 Å². The Morgan fingerprint density at radius 1 is 1.12 bits per heavy atom. The first-order valence-electron chi connectivity index (χ1n) is 7.93. The fourth-order valence-electron chi connectivity index (χ4n) is 2.78. The summed E-state index contributed by atoms with van der Waals surface area (Å²) in [7, 11) is 0. The van der Waals surface area contributed by atoms with Gasteiger partial charge in [0.15, 0.2) is 0 Å². The molecule has 0 bridgehead atoms. The highest BCUT2D eigenvalue weighted by Gasteiger charge is 2.31. The van der Waals surface area contributed by atoms with Gasteiger partial charge in [0.1, 0.15) is 11.6 Å². The van der Waals surface area contributed by atoms with Gasteiger partial charge in [-0.2, -0.15) is 13.2 Å². The van der Waals surface area contributed by atoms with Crippen LogP contribution in [0.2, 0.25) is 0 Å². The maximum absolute atomic E-state index is 12.6. The Labute approximate surface area is 142 Å². The molecule has 1 fully saturated rings. The highest BCUT2D eigenvalue weighted by Crippen LogP contribution is 2.30. The second-order valence-corrected chi connectivity index (χ2v) is 5.87. The number of nitrogens with one attached hydrogen (secondary N) is 1. The van der Waals surface area contributed by atoms with E-state index in [0.717, 1.165) is 12.3 Å². The van der Waals surface area contributed by atoms with Gasteiger partial charge >= 0.3 is 6.18 Å². The number of piperidine rings is 1. The zero-order chi connectivity index (χ0) is 17.9. The van der Waals surface area contributed by atoms with E-state index in [9.17, 15) is 18.0 Å². The largest absolute Gasteiger partial charge is 0.417 e. The van der Waals surface area contributed by atoms with Crippen LogP contribution in [-0.2, 0) is 11.0 Å². The molecule has 0 aromatic carbocycles. The summed E-state index contributed by atoms with van der Waals surface area (Å²) in [5.74, 6) is 0.780. The predicted octanol–water partition coefficient (Wildman–Crippen LogP) is 3.35. The topological polar surface area (TPSA) is 58.1 Å². The van der Waals surface area contributed by atoms with Crippen LogP contribution in [0.5, 0.6) is 0 Å². The molecule has 1 N–H and O–H groups in total. The number of rotatable bonds is 3. The van der Waals surface area contributed by atoms with E-state index in [1.54, 1.807) is 24.4 Å². The Hall–Kier alpha value is -2.64. The normalized spacial score (nSPS) is 15.9. The van der Waals surface area contributed by atoms with Crippen LogP contribution >= 0.6 is 0 Å². The van der Waals surface area contributed by atoms with Gasteiger partial charge in [-0.25, -0.2) is 9.97 Å². The third-order valence-electron chi connectivity index (χ3n) is 4.18. The molecule has 1 saturated heterocycles. The highest BCUT2D eigenvalue weighted by atomic mass is 19.4. The van der Waals surface area contributed by atoms with E-state index in [4.69, 9.17) is 0 Å². The Kier molecular flexibility index (Phi) is 4.87. The molecule has 0 aliphatic carbocycles. The average molecular weight is 350 g/mol. The van der Waals surface area contributed by atoms with Crippen molar-refractivity contribution in [3.05, 3.63) is 48.3 Å². The van der Waals surface area contributed by atoms with E-state index in [1.165, 1.54) is 6.07 Å². The van der Waals surface area contributed by atoms with E-state index in [2.05, 4.69) is 15.3 Å². The number of hydrogen-bond acceptors (Lipinski definition) is 4. The molecule has 8 heteroatoms. The van der Waals surface area contributed by atoms with Gasteiger partial charge in [-0.15, -0.1) is 0 Å². The van der Waals surface area contributed by atoms with Crippen LogP contribution in [0.4, 0.5) is 24.8 Å². The minimum absolute atomic E-state index is 0.0845. The molecule has 2 aromatic heterocycles.